The summed E-state index contributed by atoms with van der Waals surface area (Å²) >= 11 is 0. The Morgan fingerprint density at radius 1 is 1.17 bits per heavy atom. The lowest BCUT2D eigenvalue weighted by Crippen LogP contribution is -2.14. The van der Waals surface area contributed by atoms with E-state index < -0.39 is 0 Å². The zero-order valence-corrected chi connectivity index (χ0v) is 13.7. The molecular weight excluding hydrogens is 302 g/mol. The fourth-order valence-electron chi connectivity index (χ4n) is 2.80. The van der Waals surface area contributed by atoms with E-state index in [1.807, 2.05) is 44.4 Å². The number of carbonyl (C=O) groups is 1. The summed E-state index contributed by atoms with van der Waals surface area (Å²) in [4.78, 5) is 18.4. The van der Waals surface area contributed by atoms with Gasteiger partial charge in [-0.1, -0.05) is 24.3 Å². The minimum absolute atomic E-state index is 0.0150. The average molecular weight is 321 g/mol. The van der Waals surface area contributed by atoms with Crippen molar-refractivity contribution >= 4 is 23.2 Å². The number of nitrogens with zero attached hydrogens (tertiary/aromatic N) is 4. The fourth-order valence-corrected chi connectivity index (χ4v) is 2.80. The summed E-state index contributed by atoms with van der Waals surface area (Å²) < 4.78 is 1.78. The molecule has 6 heteroatoms. The van der Waals surface area contributed by atoms with Crippen LogP contribution in [-0.2, 0) is 4.79 Å². The van der Waals surface area contributed by atoms with Crippen molar-refractivity contribution in [3.63, 3.8) is 0 Å². The molecule has 3 aromatic rings. The van der Waals surface area contributed by atoms with Crippen LogP contribution in [-0.4, -0.2) is 34.6 Å². The van der Waals surface area contributed by atoms with Crippen molar-refractivity contribution in [2.45, 2.75) is 12.8 Å². The number of rotatable bonds is 4. The van der Waals surface area contributed by atoms with Crippen LogP contribution in [0.15, 0.2) is 42.5 Å². The van der Waals surface area contributed by atoms with Gasteiger partial charge in [-0.3, -0.25) is 10.1 Å². The van der Waals surface area contributed by atoms with Gasteiger partial charge in [0.15, 0.2) is 5.65 Å². The van der Waals surface area contributed by atoms with E-state index in [1.165, 1.54) is 0 Å². The van der Waals surface area contributed by atoms with Gasteiger partial charge in [-0.25, -0.2) is 4.52 Å². The highest BCUT2D eigenvalue weighted by Crippen LogP contribution is 2.31. The van der Waals surface area contributed by atoms with Crippen LogP contribution < -0.4 is 10.2 Å². The molecule has 0 saturated heterocycles. The fraction of sp³-hybridized carbons (Fsp3) is 0.278. The van der Waals surface area contributed by atoms with Crippen molar-refractivity contribution in [2.24, 2.45) is 5.92 Å². The van der Waals surface area contributed by atoms with Gasteiger partial charge in [0.05, 0.1) is 5.69 Å². The monoisotopic (exact) mass is 321 g/mol. The summed E-state index contributed by atoms with van der Waals surface area (Å²) in [6, 6.07) is 14.0. The van der Waals surface area contributed by atoms with Gasteiger partial charge in [0, 0.05) is 31.3 Å². The number of fused-ring (bicyclic) bond motifs is 1. The van der Waals surface area contributed by atoms with Crippen LogP contribution >= 0.6 is 0 Å². The Labute approximate surface area is 140 Å². The van der Waals surface area contributed by atoms with Crippen LogP contribution in [0.2, 0.25) is 0 Å². The highest BCUT2D eigenvalue weighted by Gasteiger charge is 2.30. The number of benzene rings is 1. The number of aromatic nitrogens is 3. The van der Waals surface area contributed by atoms with Crippen LogP contribution in [0.4, 0.5) is 11.6 Å². The number of hydrogen-bond acceptors (Lipinski definition) is 4. The quantitative estimate of drug-likeness (QED) is 0.802. The van der Waals surface area contributed by atoms with Gasteiger partial charge in [-0.15, -0.1) is 5.10 Å². The maximum absolute atomic E-state index is 11.9. The zero-order valence-electron chi connectivity index (χ0n) is 13.7. The van der Waals surface area contributed by atoms with Gasteiger partial charge in [0.2, 0.25) is 11.9 Å². The van der Waals surface area contributed by atoms with Crippen molar-refractivity contribution in [2.75, 3.05) is 24.3 Å². The second-order valence-corrected chi connectivity index (χ2v) is 6.29. The molecule has 0 unspecified atom stereocenters. The second-order valence-electron chi connectivity index (χ2n) is 6.29. The molecule has 1 aliphatic rings. The molecule has 0 radical (unpaired) electrons. The Bertz CT molecular complexity index is 911. The predicted octanol–water partition coefficient (Wildman–Crippen LogP) is 2.81. The molecule has 0 atom stereocenters. The number of nitrogens with one attached hydrogen (secondary N) is 1. The minimum Gasteiger partial charge on any atom is -0.377 e. The molecule has 1 amide bonds. The third-order valence-electron chi connectivity index (χ3n) is 4.20. The number of amides is 1. The van der Waals surface area contributed by atoms with Gasteiger partial charge in [-0.05, 0) is 31.0 Å². The Balaban J connectivity index is 1.79. The topological polar surface area (TPSA) is 62.5 Å². The largest absolute Gasteiger partial charge is 0.377 e. The molecule has 0 bridgehead atoms. The highest BCUT2D eigenvalue weighted by atomic mass is 16.2. The molecule has 0 aliphatic heterocycles. The Kier molecular flexibility index (Phi) is 3.45. The third-order valence-corrected chi connectivity index (χ3v) is 4.20. The van der Waals surface area contributed by atoms with E-state index in [1.54, 1.807) is 4.52 Å². The van der Waals surface area contributed by atoms with Gasteiger partial charge in [0.1, 0.15) is 0 Å². The first-order chi connectivity index (χ1) is 11.6. The molecule has 1 aromatic carbocycles. The molecule has 2 aromatic heterocycles. The molecule has 1 aliphatic carbocycles. The van der Waals surface area contributed by atoms with Crippen LogP contribution in [0.1, 0.15) is 12.8 Å². The molecule has 1 saturated carbocycles. The zero-order chi connectivity index (χ0) is 16.7. The van der Waals surface area contributed by atoms with Crippen LogP contribution in [0.25, 0.3) is 16.9 Å². The number of carbonyl (C=O) groups excluding carboxylic acids is 1. The van der Waals surface area contributed by atoms with Gasteiger partial charge >= 0.3 is 0 Å². The summed E-state index contributed by atoms with van der Waals surface area (Å²) in [5.74, 6) is 0.508. The lowest BCUT2D eigenvalue weighted by molar-refractivity contribution is -0.117. The normalized spacial score (nSPS) is 13.9. The maximum atomic E-state index is 11.9. The SMILES string of the molecule is CN(C)c1ccccc1-c1cccc2nc(NC(=O)C3CC3)nn12. The van der Waals surface area contributed by atoms with E-state index in [2.05, 4.69) is 32.4 Å². The molecule has 122 valence electrons. The van der Waals surface area contributed by atoms with Gasteiger partial charge in [-0.2, -0.15) is 4.98 Å². The number of hydrogen-bond donors (Lipinski definition) is 1. The number of para-hydroxylation sites is 1. The smallest absolute Gasteiger partial charge is 0.249 e. The van der Waals surface area contributed by atoms with Crippen molar-refractivity contribution in [1.82, 2.24) is 14.6 Å². The van der Waals surface area contributed by atoms with Crippen molar-refractivity contribution in [3.05, 3.63) is 42.5 Å². The maximum Gasteiger partial charge on any atom is 0.249 e. The van der Waals surface area contributed by atoms with Crippen molar-refractivity contribution in [1.29, 1.82) is 0 Å². The molecular formula is C18H19N5O. The van der Waals surface area contributed by atoms with E-state index in [9.17, 15) is 4.79 Å². The van der Waals surface area contributed by atoms with E-state index in [0.717, 1.165) is 29.8 Å². The predicted molar refractivity (Wildman–Crippen MR) is 94.1 cm³/mol. The standard InChI is InChI=1S/C18H19N5O/c1-22(2)14-7-4-3-6-13(14)15-8-5-9-16-19-18(21-23(15)16)20-17(24)12-10-11-12/h3-9,12H,10-11H2,1-2H3,(H,20,21,24). The molecule has 0 spiro atoms. The van der Waals surface area contributed by atoms with Crippen molar-refractivity contribution < 1.29 is 4.79 Å². The van der Waals surface area contributed by atoms with E-state index in [-0.39, 0.29) is 11.8 Å². The van der Waals surface area contributed by atoms with E-state index >= 15 is 0 Å². The molecule has 1 N–H and O–H groups in total. The Morgan fingerprint density at radius 3 is 2.71 bits per heavy atom. The Morgan fingerprint density at radius 2 is 1.96 bits per heavy atom. The molecule has 1 fully saturated rings. The number of pyridine rings is 1. The first-order valence-corrected chi connectivity index (χ1v) is 8.07. The van der Waals surface area contributed by atoms with Crippen LogP contribution in [0, 0.1) is 5.92 Å². The number of anilines is 2. The van der Waals surface area contributed by atoms with Gasteiger partial charge < -0.3 is 4.90 Å². The summed E-state index contributed by atoms with van der Waals surface area (Å²) in [7, 11) is 4.03. The molecule has 2 heterocycles. The lowest BCUT2D eigenvalue weighted by Gasteiger charge is -2.17. The molecule has 4 rings (SSSR count). The lowest BCUT2D eigenvalue weighted by atomic mass is 10.1. The summed E-state index contributed by atoms with van der Waals surface area (Å²) in [6.45, 7) is 0. The van der Waals surface area contributed by atoms with Crippen LogP contribution in [0.3, 0.4) is 0 Å². The minimum atomic E-state index is 0.0150. The first kappa shape index (κ1) is 14.7. The Hall–Kier alpha value is -2.89. The highest BCUT2D eigenvalue weighted by molar-refractivity contribution is 5.92. The molecule has 6 nitrogen and oxygen atoms in total. The summed E-state index contributed by atoms with van der Waals surface area (Å²) in [6.07, 6.45) is 1.92. The first-order valence-electron chi connectivity index (χ1n) is 8.07. The summed E-state index contributed by atoms with van der Waals surface area (Å²) in [5, 5.41) is 7.31. The second kappa shape index (κ2) is 5.63. The average Bonchev–Trinajstić information content (AvgIpc) is 3.35. The molecule has 24 heavy (non-hydrogen) atoms. The van der Waals surface area contributed by atoms with E-state index in [0.29, 0.717) is 11.6 Å². The van der Waals surface area contributed by atoms with Crippen LogP contribution in [0.5, 0.6) is 0 Å². The summed E-state index contributed by atoms with van der Waals surface area (Å²) in [5.41, 5.74) is 3.82. The third kappa shape index (κ3) is 2.60. The van der Waals surface area contributed by atoms with Crippen molar-refractivity contribution in [3.8, 4) is 11.3 Å². The van der Waals surface area contributed by atoms with Gasteiger partial charge in [0.25, 0.3) is 0 Å². The van der Waals surface area contributed by atoms with E-state index in [4.69, 9.17) is 0 Å².